The lowest BCUT2D eigenvalue weighted by Crippen LogP contribution is -2.39. The van der Waals surface area contributed by atoms with Gasteiger partial charge in [0.05, 0.1) is 17.2 Å². The van der Waals surface area contributed by atoms with Crippen molar-refractivity contribution in [1.29, 1.82) is 0 Å². The summed E-state index contributed by atoms with van der Waals surface area (Å²) in [5.41, 5.74) is 5.24. The van der Waals surface area contributed by atoms with Gasteiger partial charge in [0.2, 0.25) is 0 Å². The number of fused-ring (bicyclic) bond motifs is 2. The summed E-state index contributed by atoms with van der Waals surface area (Å²) in [5, 5.41) is 10.9. The molecule has 1 fully saturated rings. The molecule has 1 amide bonds. The van der Waals surface area contributed by atoms with E-state index < -0.39 is 0 Å². The Morgan fingerprint density at radius 3 is 2.86 bits per heavy atom. The van der Waals surface area contributed by atoms with E-state index in [-0.39, 0.29) is 11.7 Å². The SMILES string of the molecule is Cc1cn2cc(C3=CC(=O)N4N=C(C5CCNCC5)C=CC4P3)cc(C)c2n1. The number of allylic oxidation sites excluding steroid dienone is 1. The van der Waals surface area contributed by atoms with Crippen molar-refractivity contribution < 1.29 is 4.79 Å². The maximum atomic E-state index is 12.9. The van der Waals surface area contributed by atoms with Gasteiger partial charge in [-0.15, -0.1) is 0 Å². The van der Waals surface area contributed by atoms with Crippen molar-refractivity contribution >= 4 is 31.2 Å². The van der Waals surface area contributed by atoms with E-state index in [0.717, 1.165) is 59.4 Å². The highest BCUT2D eigenvalue weighted by Gasteiger charge is 2.31. The van der Waals surface area contributed by atoms with Crippen molar-refractivity contribution in [1.82, 2.24) is 19.7 Å². The van der Waals surface area contributed by atoms with Crippen LogP contribution < -0.4 is 5.32 Å². The normalized spacial score (nSPS) is 23.9. The Balaban J connectivity index is 1.45. The largest absolute Gasteiger partial charge is 0.317 e. The van der Waals surface area contributed by atoms with Crippen molar-refractivity contribution in [2.45, 2.75) is 32.5 Å². The highest BCUT2D eigenvalue weighted by Crippen LogP contribution is 2.44. The first-order valence-corrected chi connectivity index (χ1v) is 10.9. The quantitative estimate of drug-likeness (QED) is 0.798. The average Bonchev–Trinajstić information content (AvgIpc) is 3.09. The molecule has 2 aromatic heterocycles. The monoisotopic (exact) mass is 393 g/mol. The highest BCUT2D eigenvalue weighted by molar-refractivity contribution is 7.51. The molecule has 5 heterocycles. The molecule has 0 aromatic carbocycles. The molecule has 6 nitrogen and oxygen atoms in total. The summed E-state index contributed by atoms with van der Waals surface area (Å²) in [6.45, 7) is 6.12. The number of amides is 1. The van der Waals surface area contributed by atoms with E-state index in [2.05, 4.69) is 46.0 Å². The fraction of sp³-hybridized carbons (Fsp3) is 0.381. The van der Waals surface area contributed by atoms with Crippen LogP contribution in [0.5, 0.6) is 0 Å². The Bertz CT molecular complexity index is 1040. The van der Waals surface area contributed by atoms with E-state index in [9.17, 15) is 4.79 Å². The molecule has 2 aromatic rings. The van der Waals surface area contributed by atoms with Gasteiger partial charge in [-0.2, -0.15) is 5.10 Å². The number of piperidine rings is 1. The molecule has 2 unspecified atom stereocenters. The molecule has 1 saturated heterocycles. The third kappa shape index (κ3) is 3.11. The Kier molecular flexibility index (Phi) is 4.41. The number of rotatable bonds is 2. The molecule has 0 spiro atoms. The zero-order valence-corrected chi connectivity index (χ0v) is 17.1. The van der Waals surface area contributed by atoms with Crippen LogP contribution in [-0.2, 0) is 4.79 Å². The van der Waals surface area contributed by atoms with Crippen LogP contribution in [0.1, 0.15) is 29.7 Å². The van der Waals surface area contributed by atoms with Crippen molar-refractivity contribution in [3.63, 3.8) is 0 Å². The second-order valence-corrected chi connectivity index (χ2v) is 9.18. The first kappa shape index (κ1) is 17.8. The fourth-order valence-corrected chi connectivity index (χ4v) is 5.55. The molecule has 2 atom stereocenters. The molecular weight excluding hydrogens is 369 g/mol. The fourth-order valence-electron chi connectivity index (χ4n) is 4.22. The van der Waals surface area contributed by atoms with Crippen LogP contribution in [0, 0.1) is 19.8 Å². The Morgan fingerprint density at radius 2 is 2.04 bits per heavy atom. The van der Waals surface area contributed by atoms with Crippen LogP contribution in [0.2, 0.25) is 0 Å². The van der Waals surface area contributed by atoms with E-state index >= 15 is 0 Å². The Hall–Kier alpha value is -2.30. The number of aryl methyl sites for hydroxylation is 2. The average molecular weight is 393 g/mol. The lowest BCUT2D eigenvalue weighted by molar-refractivity contribution is -0.126. The van der Waals surface area contributed by atoms with Gasteiger partial charge in [0.1, 0.15) is 5.65 Å². The van der Waals surface area contributed by atoms with Gasteiger partial charge in [-0.1, -0.05) is 14.7 Å². The molecule has 0 saturated carbocycles. The molecule has 1 N–H and O–H groups in total. The maximum absolute atomic E-state index is 12.9. The Labute approximate surface area is 166 Å². The molecular formula is C21H24N5OP. The smallest absolute Gasteiger partial charge is 0.268 e. The third-order valence-electron chi connectivity index (χ3n) is 5.66. The topological polar surface area (TPSA) is 62.0 Å². The minimum atomic E-state index is -0.0194. The van der Waals surface area contributed by atoms with Crippen molar-refractivity contribution in [2.24, 2.45) is 11.0 Å². The van der Waals surface area contributed by atoms with E-state index in [1.807, 2.05) is 13.1 Å². The van der Waals surface area contributed by atoms with Gasteiger partial charge in [-0.3, -0.25) is 4.79 Å². The number of pyridine rings is 1. The minimum absolute atomic E-state index is 0.0194. The number of nitrogens with zero attached hydrogens (tertiary/aromatic N) is 4. The lowest BCUT2D eigenvalue weighted by atomic mass is 9.92. The van der Waals surface area contributed by atoms with Gasteiger partial charge >= 0.3 is 0 Å². The van der Waals surface area contributed by atoms with Gasteiger partial charge in [0, 0.05) is 24.4 Å². The number of nitrogens with one attached hydrogen (secondary N) is 1. The van der Waals surface area contributed by atoms with Crippen LogP contribution in [0.4, 0.5) is 0 Å². The molecule has 0 aliphatic carbocycles. The maximum Gasteiger partial charge on any atom is 0.268 e. The standard InChI is InChI=1S/C21H24N5OP/c1-13-9-16(12-25-11-14(2)23-21(13)25)18-10-19(27)26-20(28-18)4-3-17(24-26)15-5-7-22-8-6-15/h3-4,9-12,15,20,22,28H,5-8H2,1-2H3. The molecule has 0 bridgehead atoms. The number of imidazole rings is 1. The van der Waals surface area contributed by atoms with Crippen LogP contribution >= 0.6 is 8.58 Å². The van der Waals surface area contributed by atoms with E-state index in [4.69, 9.17) is 5.10 Å². The van der Waals surface area contributed by atoms with E-state index in [0.29, 0.717) is 14.5 Å². The zero-order valence-electron chi connectivity index (χ0n) is 16.1. The highest BCUT2D eigenvalue weighted by atomic mass is 31.1. The van der Waals surface area contributed by atoms with Gasteiger partial charge in [0.25, 0.3) is 5.91 Å². The molecule has 28 heavy (non-hydrogen) atoms. The zero-order chi connectivity index (χ0) is 19.3. The number of hydrogen-bond donors (Lipinski definition) is 1. The van der Waals surface area contributed by atoms with Crippen molar-refractivity contribution in [3.8, 4) is 0 Å². The third-order valence-corrected chi connectivity index (χ3v) is 7.13. The summed E-state index contributed by atoms with van der Waals surface area (Å²) in [6, 6.07) is 2.14. The molecule has 144 valence electrons. The number of carbonyl (C=O) groups excluding carboxylic acids is 1. The van der Waals surface area contributed by atoms with E-state index in [1.54, 1.807) is 11.1 Å². The molecule has 3 aliphatic heterocycles. The van der Waals surface area contributed by atoms with Gasteiger partial charge < -0.3 is 9.72 Å². The molecule has 5 rings (SSSR count). The summed E-state index contributed by atoms with van der Waals surface area (Å²) in [4.78, 5) is 17.4. The lowest BCUT2D eigenvalue weighted by Gasteiger charge is -2.34. The second kappa shape index (κ2) is 6.94. The number of aromatic nitrogens is 2. The minimum Gasteiger partial charge on any atom is -0.317 e. The van der Waals surface area contributed by atoms with Gasteiger partial charge in [-0.05, 0) is 68.4 Å². The summed E-state index contributed by atoms with van der Waals surface area (Å²) >= 11 is 0. The summed E-state index contributed by atoms with van der Waals surface area (Å²) < 4.78 is 2.06. The van der Waals surface area contributed by atoms with Crippen LogP contribution in [0.25, 0.3) is 11.0 Å². The molecule has 3 aliphatic rings. The van der Waals surface area contributed by atoms with Crippen molar-refractivity contribution in [3.05, 3.63) is 53.5 Å². The van der Waals surface area contributed by atoms with Gasteiger partial charge in [-0.25, -0.2) is 9.99 Å². The number of carbonyl (C=O) groups is 1. The molecule has 0 radical (unpaired) electrons. The first-order valence-electron chi connectivity index (χ1n) is 9.84. The van der Waals surface area contributed by atoms with Crippen LogP contribution in [0.3, 0.4) is 0 Å². The van der Waals surface area contributed by atoms with Crippen molar-refractivity contribution in [2.75, 3.05) is 13.1 Å². The number of hydrazone groups is 1. The van der Waals surface area contributed by atoms with Crippen LogP contribution in [0.15, 0.2) is 41.8 Å². The molecule has 7 heteroatoms. The predicted octanol–water partition coefficient (Wildman–Crippen LogP) is 3.06. The summed E-state index contributed by atoms with van der Waals surface area (Å²) in [6.07, 6.45) is 12.4. The number of hydrogen-bond acceptors (Lipinski definition) is 4. The van der Waals surface area contributed by atoms with Crippen LogP contribution in [-0.4, -0.2) is 44.9 Å². The summed E-state index contributed by atoms with van der Waals surface area (Å²) in [5.74, 6) is 0.460. The second-order valence-electron chi connectivity index (χ2n) is 7.76. The summed E-state index contributed by atoms with van der Waals surface area (Å²) in [7, 11) is 0.485. The Morgan fingerprint density at radius 1 is 1.21 bits per heavy atom. The van der Waals surface area contributed by atoms with E-state index in [1.165, 1.54) is 0 Å². The van der Waals surface area contributed by atoms with Gasteiger partial charge in [0.15, 0.2) is 0 Å². The predicted molar refractivity (Wildman–Crippen MR) is 114 cm³/mol. The first-order chi connectivity index (χ1) is 13.6.